The van der Waals surface area contributed by atoms with Gasteiger partial charge in [0.05, 0.1) is 24.6 Å². The summed E-state index contributed by atoms with van der Waals surface area (Å²) in [4.78, 5) is 16.8. The standard InChI is InChI=1S/C18H16N4O2/c1-22-17-10-20-18(23)15-5-3-2-4-12(15)11-24-14-6-13(7-19-8-14)16(17)9-21-22/h2-9H,10-11H2,1H3,(H,20,23). The van der Waals surface area contributed by atoms with Gasteiger partial charge in [-0.1, -0.05) is 18.2 Å². The van der Waals surface area contributed by atoms with Crippen LogP contribution in [-0.4, -0.2) is 20.7 Å². The molecule has 0 saturated heterocycles. The SMILES string of the molecule is Cn1ncc2c1CNC(=O)c1ccccc1COc1cncc-2c1. The predicted octanol–water partition coefficient (Wildman–Crippen LogP) is 2.30. The molecule has 1 aromatic carbocycles. The molecule has 0 saturated carbocycles. The molecule has 0 unspecified atom stereocenters. The first-order valence-corrected chi connectivity index (χ1v) is 7.67. The van der Waals surface area contributed by atoms with Crippen molar-refractivity contribution in [3.8, 4) is 16.9 Å². The van der Waals surface area contributed by atoms with Crippen LogP contribution in [-0.2, 0) is 20.2 Å². The van der Waals surface area contributed by atoms with Crippen molar-refractivity contribution in [3.05, 3.63) is 65.7 Å². The number of carbonyl (C=O) groups excluding carboxylic acids is 1. The monoisotopic (exact) mass is 320 g/mol. The number of hydrogen-bond donors (Lipinski definition) is 1. The Bertz CT molecular complexity index is 917. The maximum Gasteiger partial charge on any atom is 0.252 e. The van der Waals surface area contributed by atoms with E-state index in [0.29, 0.717) is 24.5 Å². The Hall–Kier alpha value is -3.15. The summed E-state index contributed by atoms with van der Waals surface area (Å²) in [5.74, 6) is 0.543. The van der Waals surface area contributed by atoms with Crippen LogP contribution in [0.2, 0.25) is 0 Å². The van der Waals surface area contributed by atoms with Gasteiger partial charge in [0, 0.05) is 35.5 Å². The summed E-state index contributed by atoms with van der Waals surface area (Å²) >= 11 is 0. The van der Waals surface area contributed by atoms with Gasteiger partial charge in [0.1, 0.15) is 12.4 Å². The lowest BCUT2D eigenvalue weighted by Gasteiger charge is -2.14. The first kappa shape index (κ1) is 14.4. The van der Waals surface area contributed by atoms with Crippen LogP contribution >= 0.6 is 0 Å². The summed E-state index contributed by atoms with van der Waals surface area (Å²) in [5, 5.41) is 7.28. The largest absolute Gasteiger partial charge is 0.487 e. The van der Waals surface area contributed by atoms with E-state index >= 15 is 0 Å². The lowest BCUT2D eigenvalue weighted by Crippen LogP contribution is -2.26. The summed E-state index contributed by atoms with van der Waals surface area (Å²) in [6.07, 6.45) is 5.23. The Balaban J connectivity index is 1.83. The molecule has 6 heteroatoms. The number of aromatic nitrogens is 3. The average molecular weight is 320 g/mol. The molecule has 1 N–H and O–H groups in total. The van der Waals surface area contributed by atoms with Gasteiger partial charge in [-0.2, -0.15) is 5.10 Å². The van der Waals surface area contributed by atoms with Gasteiger partial charge in [-0.3, -0.25) is 14.5 Å². The first-order valence-electron chi connectivity index (χ1n) is 7.67. The Kier molecular flexibility index (Phi) is 3.49. The molecule has 6 nitrogen and oxygen atoms in total. The van der Waals surface area contributed by atoms with Crippen molar-refractivity contribution < 1.29 is 9.53 Å². The topological polar surface area (TPSA) is 69.0 Å². The molecular formula is C18H16N4O2. The minimum Gasteiger partial charge on any atom is -0.487 e. The summed E-state index contributed by atoms with van der Waals surface area (Å²) in [5.41, 5.74) is 4.22. The maximum atomic E-state index is 12.6. The summed E-state index contributed by atoms with van der Waals surface area (Å²) < 4.78 is 7.61. The highest BCUT2D eigenvalue weighted by Gasteiger charge is 2.17. The summed E-state index contributed by atoms with van der Waals surface area (Å²) in [7, 11) is 1.86. The summed E-state index contributed by atoms with van der Waals surface area (Å²) in [6.45, 7) is 0.707. The number of aryl methyl sites for hydroxylation is 1. The Labute approximate surface area is 139 Å². The molecule has 0 fully saturated rings. The molecule has 0 atom stereocenters. The third kappa shape index (κ3) is 2.52. The van der Waals surface area contributed by atoms with Crippen LogP contribution in [0.4, 0.5) is 0 Å². The number of pyridine rings is 1. The fourth-order valence-corrected chi connectivity index (χ4v) is 2.85. The van der Waals surface area contributed by atoms with Gasteiger partial charge in [0.25, 0.3) is 5.91 Å². The average Bonchev–Trinajstić information content (AvgIpc) is 2.98. The molecule has 0 radical (unpaired) electrons. The van der Waals surface area contributed by atoms with Crippen molar-refractivity contribution in [1.82, 2.24) is 20.1 Å². The Morgan fingerprint density at radius 1 is 1.17 bits per heavy atom. The van der Waals surface area contributed by atoms with Crippen LogP contribution in [0.3, 0.4) is 0 Å². The number of nitrogens with zero attached hydrogens (tertiary/aromatic N) is 3. The highest BCUT2D eigenvalue weighted by atomic mass is 16.5. The van der Waals surface area contributed by atoms with E-state index in [0.717, 1.165) is 22.4 Å². The highest BCUT2D eigenvalue weighted by molar-refractivity contribution is 5.95. The van der Waals surface area contributed by atoms with Crippen molar-refractivity contribution in [2.75, 3.05) is 0 Å². The number of nitrogens with one attached hydrogen (secondary N) is 1. The number of amides is 1. The first-order chi connectivity index (χ1) is 11.7. The molecule has 0 aliphatic carbocycles. The second-order valence-corrected chi connectivity index (χ2v) is 5.67. The molecule has 3 heterocycles. The van der Waals surface area contributed by atoms with Crippen LogP contribution in [0, 0.1) is 0 Å². The molecule has 2 bridgehead atoms. The molecular weight excluding hydrogens is 304 g/mol. The van der Waals surface area contributed by atoms with E-state index in [9.17, 15) is 4.79 Å². The number of carbonyl (C=O) groups is 1. The van der Waals surface area contributed by atoms with Crippen molar-refractivity contribution in [2.24, 2.45) is 7.05 Å². The molecule has 1 amide bonds. The van der Waals surface area contributed by atoms with Gasteiger partial charge in [0.15, 0.2) is 0 Å². The van der Waals surface area contributed by atoms with E-state index in [1.165, 1.54) is 0 Å². The smallest absolute Gasteiger partial charge is 0.252 e. The lowest BCUT2D eigenvalue weighted by atomic mass is 10.1. The van der Waals surface area contributed by atoms with E-state index < -0.39 is 0 Å². The lowest BCUT2D eigenvalue weighted by molar-refractivity contribution is 0.0947. The van der Waals surface area contributed by atoms with Crippen molar-refractivity contribution >= 4 is 5.91 Å². The zero-order chi connectivity index (χ0) is 16.5. The quantitative estimate of drug-likeness (QED) is 0.690. The van der Waals surface area contributed by atoms with E-state index in [1.807, 2.05) is 31.3 Å². The molecule has 4 rings (SSSR count). The Morgan fingerprint density at radius 2 is 2.04 bits per heavy atom. The van der Waals surface area contributed by atoms with Gasteiger partial charge in [-0.25, -0.2) is 0 Å². The fourth-order valence-electron chi connectivity index (χ4n) is 2.85. The van der Waals surface area contributed by atoms with E-state index in [4.69, 9.17) is 4.74 Å². The van der Waals surface area contributed by atoms with Gasteiger partial charge >= 0.3 is 0 Å². The van der Waals surface area contributed by atoms with Gasteiger partial charge in [0.2, 0.25) is 0 Å². The minimum atomic E-state index is -0.122. The number of rotatable bonds is 0. The van der Waals surface area contributed by atoms with Crippen LogP contribution in [0.1, 0.15) is 21.6 Å². The molecule has 1 aliphatic heterocycles. The van der Waals surface area contributed by atoms with E-state index in [-0.39, 0.29) is 5.91 Å². The molecule has 120 valence electrons. The fraction of sp³-hybridized carbons (Fsp3) is 0.167. The van der Waals surface area contributed by atoms with Crippen LogP contribution in [0.25, 0.3) is 11.1 Å². The maximum absolute atomic E-state index is 12.6. The van der Waals surface area contributed by atoms with Crippen LogP contribution in [0.5, 0.6) is 5.75 Å². The second kappa shape index (κ2) is 5.81. The third-order valence-electron chi connectivity index (χ3n) is 4.16. The Morgan fingerprint density at radius 3 is 2.96 bits per heavy atom. The van der Waals surface area contributed by atoms with E-state index in [2.05, 4.69) is 15.4 Å². The van der Waals surface area contributed by atoms with Crippen molar-refractivity contribution in [2.45, 2.75) is 13.2 Å². The van der Waals surface area contributed by atoms with Gasteiger partial charge in [-0.15, -0.1) is 0 Å². The third-order valence-corrected chi connectivity index (χ3v) is 4.16. The zero-order valence-electron chi connectivity index (χ0n) is 13.2. The predicted molar refractivity (Wildman–Crippen MR) is 88.4 cm³/mol. The second-order valence-electron chi connectivity index (χ2n) is 5.67. The molecule has 3 aromatic rings. The van der Waals surface area contributed by atoms with Gasteiger partial charge < -0.3 is 10.1 Å². The minimum absolute atomic E-state index is 0.122. The molecule has 24 heavy (non-hydrogen) atoms. The van der Waals surface area contributed by atoms with Crippen LogP contribution in [0.15, 0.2) is 48.9 Å². The van der Waals surface area contributed by atoms with Crippen molar-refractivity contribution in [3.63, 3.8) is 0 Å². The summed E-state index contributed by atoms with van der Waals surface area (Å²) in [6, 6.07) is 9.39. The number of fused-ring (bicyclic) bond motifs is 5. The number of benzene rings is 1. The van der Waals surface area contributed by atoms with Crippen molar-refractivity contribution in [1.29, 1.82) is 0 Å². The molecule has 0 spiro atoms. The number of ether oxygens (including phenoxy) is 1. The molecule has 2 aromatic heterocycles. The number of hydrogen-bond acceptors (Lipinski definition) is 4. The molecule has 1 aliphatic rings. The normalized spacial score (nSPS) is 13.6. The van der Waals surface area contributed by atoms with Crippen LogP contribution < -0.4 is 10.1 Å². The zero-order valence-corrected chi connectivity index (χ0v) is 13.2. The van der Waals surface area contributed by atoms with Gasteiger partial charge in [-0.05, 0) is 12.1 Å². The highest BCUT2D eigenvalue weighted by Crippen LogP contribution is 2.27. The van der Waals surface area contributed by atoms with E-state index in [1.54, 1.807) is 29.3 Å².